The minimum Gasteiger partial charge on any atom is -0.376 e. The number of carbonyl (C=O) groups is 1. The lowest BCUT2D eigenvalue weighted by Crippen LogP contribution is -2.51. The van der Waals surface area contributed by atoms with Crippen LogP contribution in [0.1, 0.15) is 49.7 Å². The van der Waals surface area contributed by atoms with Gasteiger partial charge in [-0.1, -0.05) is 26.1 Å². The lowest BCUT2D eigenvalue weighted by Gasteiger charge is -2.38. The van der Waals surface area contributed by atoms with E-state index in [1.165, 1.54) is 0 Å². The van der Waals surface area contributed by atoms with Crippen molar-refractivity contribution in [2.75, 3.05) is 55.7 Å². The summed E-state index contributed by atoms with van der Waals surface area (Å²) < 4.78 is 55.5. The number of pyridine rings is 1. The Labute approximate surface area is 280 Å². The molecule has 5 rings (SSSR count). The highest BCUT2D eigenvalue weighted by Gasteiger charge is 2.42. The predicted octanol–water partition coefficient (Wildman–Crippen LogP) is 4.73. The molecule has 4 heterocycles. The van der Waals surface area contributed by atoms with Crippen LogP contribution >= 0.6 is 0 Å². The van der Waals surface area contributed by atoms with Crippen molar-refractivity contribution in [3.63, 3.8) is 0 Å². The number of nitriles is 1. The van der Waals surface area contributed by atoms with Crippen molar-refractivity contribution in [3.05, 3.63) is 46.0 Å². The Bertz CT molecular complexity index is 1500. The van der Waals surface area contributed by atoms with Gasteiger partial charge >= 0.3 is 6.18 Å². The maximum absolute atomic E-state index is 14.3. The molecule has 3 atom stereocenters. The van der Waals surface area contributed by atoms with E-state index >= 15 is 0 Å². The van der Waals surface area contributed by atoms with Gasteiger partial charge in [-0.15, -0.1) is 0 Å². The van der Waals surface area contributed by atoms with Crippen LogP contribution in [0.25, 0.3) is 0 Å². The molecule has 0 radical (unpaired) electrons. The van der Waals surface area contributed by atoms with E-state index in [-0.39, 0.29) is 43.0 Å². The summed E-state index contributed by atoms with van der Waals surface area (Å²) in [6, 6.07) is 6.12. The number of hydrogen-bond acceptors (Lipinski definition) is 9. The normalized spacial score (nSPS) is 22.2. The van der Waals surface area contributed by atoms with Crippen molar-refractivity contribution >= 4 is 25.5 Å². The molecule has 48 heavy (non-hydrogen) atoms. The number of aromatic nitrogens is 3. The summed E-state index contributed by atoms with van der Waals surface area (Å²) in [7, 11) is -1.40. The number of nitrogens with zero attached hydrogens (tertiary/aromatic N) is 7. The first-order chi connectivity index (χ1) is 22.8. The molecule has 1 saturated carbocycles. The van der Waals surface area contributed by atoms with E-state index in [0.29, 0.717) is 64.2 Å². The summed E-state index contributed by atoms with van der Waals surface area (Å²) in [4.78, 5) is 36.5. The van der Waals surface area contributed by atoms with E-state index < -0.39 is 25.4 Å². The first-order valence-electron chi connectivity index (χ1n) is 16.9. The predicted molar refractivity (Wildman–Crippen MR) is 177 cm³/mol. The number of hydrogen-bond donors (Lipinski definition) is 0. The fourth-order valence-electron chi connectivity index (χ4n) is 6.73. The second-order valence-corrected chi connectivity index (χ2v) is 19.8. The SMILES string of the molecule is C[Si](C)(C)CCOCn1ncc(N2CCC[C@H]2COC2CCCC(C(=O)N3CCN(c4ccc(C#N)cn4)CC3)C2)c(C(F)(F)F)c1=O. The van der Waals surface area contributed by atoms with Gasteiger partial charge in [0.25, 0.3) is 5.56 Å². The third kappa shape index (κ3) is 8.94. The van der Waals surface area contributed by atoms with E-state index in [1.807, 2.05) is 11.0 Å². The average molecular weight is 690 g/mol. The van der Waals surface area contributed by atoms with Gasteiger partial charge in [-0.25, -0.2) is 9.67 Å². The summed E-state index contributed by atoms with van der Waals surface area (Å²) in [5.74, 6) is 0.739. The van der Waals surface area contributed by atoms with E-state index in [0.717, 1.165) is 42.0 Å². The monoisotopic (exact) mass is 689 g/mol. The molecule has 3 aliphatic rings. The van der Waals surface area contributed by atoms with E-state index in [9.17, 15) is 22.8 Å². The lowest BCUT2D eigenvalue weighted by atomic mass is 9.86. The molecular formula is C33H46F3N7O4Si. The zero-order valence-electron chi connectivity index (χ0n) is 28.0. The minimum atomic E-state index is -4.86. The van der Waals surface area contributed by atoms with Crippen LogP contribution in [0.4, 0.5) is 24.7 Å². The number of carbonyl (C=O) groups excluding carboxylic acids is 1. The number of ether oxygens (including phenoxy) is 2. The number of alkyl halides is 3. The molecule has 15 heteroatoms. The third-order valence-corrected chi connectivity index (χ3v) is 11.2. The van der Waals surface area contributed by atoms with Gasteiger partial charge < -0.3 is 24.2 Å². The van der Waals surface area contributed by atoms with Crippen LogP contribution in [-0.2, 0) is 27.2 Å². The standard InChI is InChI=1S/C33H46F3N7O4Si/c1-48(2,3)17-16-46-23-43-32(45)30(33(34,35)36)28(21-39-43)42-11-5-7-26(42)22-47-27-8-4-6-25(18-27)31(44)41-14-12-40(13-15-41)29-10-9-24(19-37)20-38-29/h9-10,20-21,25-27H,4-8,11-18,22-23H2,1-3H3/t25?,26-,27?/m0/s1. The van der Waals surface area contributed by atoms with Crippen molar-refractivity contribution in [2.24, 2.45) is 5.92 Å². The van der Waals surface area contributed by atoms with E-state index in [4.69, 9.17) is 14.7 Å². The molecular weight excluding hydrogens is 643 g/mol. The van der Waals surface area contributed by atoms with Gasteiger partial charge in [-0.05, 0) is 50.3 Å². The van der Waals surface area contributed by atoms with Gasteiger partial charge in [0.15, 0.2) is 0 Å². The molecule has 2 aromatic rings. The first-order valence-corrected chi connectivity index (χ1v) is 20.6. The molecule has 0 bridgehead atoms. The zero-order chi connectivity index (χ0) is 34.5. The number of anilines is 2. The summed E-state index contributed by atoms with van der Waals surface area (Å²) >= 11 is 0. The van der Waals surface area contributed by atoms with Gasteiger partial charge in [0.1, 0.15) is 24.2 Å². The number of halogens is 3. The Hall–Kier alpha value is -3.48. The smallest absolute Gasteiger partial charge is 0.376 e. The minimum absolute atomic E-state index is 0.115. The largest absolute Gasteiger partial charge is 0.423 e. The van der Waals surface area contributed by atoms with Crippen LogP contribution in [0, 0.1) is 17.2 Å². The highest BCUT2D eigenvalue weighted by Crippen LogP contribution is 2.37. The van der Waals surface area contributed by atoms with Gasteiger partial charge in [-0.2, -0.15) is 23.5 Å². The third-order valence-electron chi connectivity index (χ3n) is 9.50. The molecule has 2 saturated heterocycles. The molecule has 3 fully saturated rings. The van der Waals surface area contributed by atoms with Crippen LogP contribution in [0.15, 0.2) is 29.3 Å². The molecule has 2 unspecified atom stereocenters. The second-order valence-electron chi connectivity index (χ2n) is 14.2. The fraction of sp³-hybridized carbons (Fsp3) is 0.667. The summed E-state index contributed by atoms with van der Waals surface area (Å²) in [6.45, 7) is 9.58. The lowest BCUT2D eigenvalue weighted by molar-refractivity contribution is -0.139. The number of rotatable bonds is 11. The Morgan fingerprint density at radius 1 is 1.06 bits per heavy atom. The maximum atomic E-state index is 14.3. The Morgan fingerprint density at radius 2 is 1.83 bits per heavy atom. The molecule has 0 spiro atoms. The van der Waals surface area contributed by atoms with Crippen molar-refractivity contribution < 1.29 is 27.4 Å². The van der Waals surface area contributed by atoms with Crippen LogP contribution in [-0.4, -0.2) is 91.7 Å². The van der Waals surface area contributed by atoms with E-state index in [1.54, 1.807) is 17.2 Å². The molecule has 2 aromatic heterocycles. The van der Waals surface area contributed by atoms with Gasteiger partial charge in [0, 0.05) is 59.5 Å². The quantitative estimate of drug-likeness (QED) is 0.244. The van der Waals surface area contributed by atoms with Crippen molar-refractivity contribution in [1.82, 2.24) is 19.7 Å². The van der Waals surface area contributed by atoms with Gasteiger partial charge in [0.2, 0.25) is 5.91 Å². The molecule has 11 nitrogen and oxygen atoms in total. The molecule has 0 aromatic carbocycles. The molecule has 0 N–H and O–H groups in total. The highest BCUT2D eigenvalue weighted by molar-refractivity contribution is 6.76. The Kier molecular flexibility index (Phi) is 11.5. The Morgan fingerprint density at radius 3 is 2.50 bits per heavy atom. The summed E-state index contributed by atoms with van der Waals surface area (Å²) in [6.07, 6.45) is 1.95. The van der Waals surface area contributed by atoms with Crippen molar-refractivity contribution in [2.45, 2.75) is 89.3 Å². The summed E-state index contributed by atoms with van der Waals surface area (Å²) in [5.41, 5.74) is -2.15. The number of piperazine rings is 1. The van der Waals surface area contributed by atoms with Crippen LogP contribution in [0.3, 0.4) is 0 Å². The van der Waals surface area contributed by atoms with Crippen molar-refractivity contribution in [3.8, 4) is 6.07 Å². The highest BCUT2D eigenvalue weighted by atomic mass is 28.3. The van der Waals surface area contributed by atoms with Crippen LogP contribution < -0.4 is 15.4 Å². The second kappa shape index (κ2) is 15.4. The topological polar surface area (TPSA) is 117 Å². The van der Waals surface area contributed by atoms with E-state index in [2.05, 4.69) is 40.7 Å². The molecule has 2 aliphatic heterocycles. The van der Waals surface area contributed by atoms with Crippen LogP contribution in [0.2, 0.25) is 25.7 Å². The number of amides is 1. The van der Waals surface area contributed by atoms with Crippen molar-refractivity contribution in [1.29, 1.82) is 5.26 Å². The Balaban J connectivity index is 1.16. The fourth-order valence-corrected chi connectivity index (χ4v) is 7.49. The van der Waals surface area contributed by atoms with Gasteiger partial charge in [0.05, 0.1) is 36.2 Å². The molecule has 1 aliphatic carbocycles. The maximum Gasteiger partial charge on any atom is 0.423 e. The first kappa shape index (κ1) is 35.8. The average Bonchev–Trinajstić information content (AvgIpc) is 3.53. The molecule has 262 valence electrons. The van der Waals surface area contributed by atoms with Gasteiger partial charge in [-0.3, -0.25) is 9.59 Å². The van der Waals surface area contributed by atoms with Crippen LogP contribution in [0.5, 0.6) is 0 Å². The molecule has 1 amide bonds. The summed E-state index contributed by atoms with van der Waals surface area (Å²) in [5, 5.41) is 13.1. The zero-order valence-corrected chi connectivity index (χ0v) is 29.0.